The van der Waals surface area contributed by atoms with E-state index >= 15 is 0 Å². The summed E-state index contributed by atoms with van der Waals surface area (Å²) in [5, 5.41) is 15.6. The SMILES string of the molecule is C[n+]1c(-c2ccc(/C=N/Nc3n[nH]c(=S)n3N/N=C/c3ccc(-c4cn5ccccc5[n+]4C)cc3)cc2)cn2ccccc21.[Br-].[Br-]. The summed E-state index contributed by atoms with van der Waals surface area (Å²) in [5.74, 6) is 0.371. The van der Waals surface area contributed by atoms with Crippen LogP contribution in [0.3, 0.4) is 0 Å². The summed E-state index contributed by atoms with van der Waals surface area (Å²) in [7, 11) is 4.13. The molecule has 0 radical (unpaired) electrons. The molecular formula is C32H29Br2N11S. The number of aromatic amines is 1. The van der Waals surface area contributed by atoms with Crippen LogP contribution in [0.25, 0.3) is 33.8 Å². The van der Waals surface area contributed by atoms with E-state index in [1.807, 2.05) is 60.9 Å². The van der Waals surface area contributed by atoms with Gasteiger partial charge in [-0.1, -0.05) is 36.4 Å². The van der Waals surface area contributed by atoms with Crippen molar-refractivity contribution in [2.45, 2.75) is 0 Å². The highest BCUT2D eigenvalue weighted by atomic mass is 79.9. The van der Waals surface area contributed by atoms with Crippen molar-refractivity contribution in [2.75, 3.05) is 11.0 Å². The largest absolute Gasteiger partial charge is 1.00 e. The van der Waals surface area contributed by atoms with E-state index < -0.39 is 0 Å². The van der Waals surface area contributed by atoms with Gasteiger partial charge in [0.1, 0.15) is 12.4 Å². The van der Waals surface area contributed by atoms with Crippen molar-refractivity contribution in [2.24, 2.45) is 24.3 Å². The van der Waals surface area contributed by atoms with E-state index in [0.29, 0.717) is 10.7 Å². The van der Waals surface area contributed by atoms with Crippen LogP contribution in [0.2, 0.25) is 0 Å². The Hall–Kier alpha value is -4.92. The Morgan fingerprint density at radius 2 is 1.22 bits per heavy atom. The minimum absolute atomic E-state index is 0. The second kappa shape index (κ2) is 14.0. The molecule has 7 rings (SSSR count). The van der Waals surface area contributed by atoms with Gasteiger partial charge in [0.15, 0.2) is 11.4 Å². The van der Waals surface area contributed by atoms with Crippen molar-refractivity contribution in [3.8, 4) is 22.5 Å². The number of nitrogens with zero attached hydrogens (tertiary/aromatic N) is 8. The number of hydrogen-bond donors (Lipinski definition) is 3. The maximum absolute atomic E-state index is 5.36. The van der Waals surface area contributed by atoms with Gasteiger partial charge in [0, 0.05) is 23.3 Å². The molecule has 0 aliphatic rings. The number of aryl methyl sites for hydroxylation is 2. The smallest absolute Gasteiger partial charge is 0.286 e. The molecule has 0 aliphatic heterocycles. The number of benzene rings is 2. The van der Waals surface area contributed by atoms with Gasteiger partial charge in [-0.3, -0.25) is 0 Å². The zero-order valence-electron chi connectivity index (χ0n) is 24.8. The molecule has 0 bridgehead atoms. The van der Waals surface area contributed by atoms with Gasteiger partial charge in [-0.15, -0.1) is 5.10 Å². The van der Waals surface area contributed by atoms with Crippen LogP contribution >= 0.6 is 12.2 Å². The van der Waals surface area contributed by atoms with Gasteiger partial charge in [0.25, 0.3) is 17.2 Å². The number of nitrogens with one attached hydrogen (secondary N) is 3. The maximum Gasteiger partial charge on any atom is 0.286 e. The number of halogens is 2. The Morgan fingerprint density at radius 1 is 0.717 bits per heavy atom. The van der Waals surface area contributed by atoms with Crippen LogP contribution in [0.5, 0.6) is 0 Å². The number of rotatable bonds is 8. The number of anilines is 1. The second-order valence-electron chi connectivity index (χ2n) is 10.2. The predicted octanol–water partition coefficient (Wildman–Crippen LogP) is -1.54. The fourth-order valence-electron chi connectivity index (χ4n) is 5.17. The Labute approximate surface area is 290 Å². The van der Waals surface area contributed by atoms with E-state index in [1.54, 1.807) is 12.4 Å². The first-order valence-corrected chi connectivity index (χ1v) is 14.3. The monoisotopic (exact) mass is 757 g/mol. The standard InChI is InChI=1S/C32H28N11S.2BrH/c1-39-27(21-41-17-5-3-7-29(39)41)25-13-9-23(10-14-25)19-33-35-31-36-37-32(44)43(31)38-34-20-24-11-15-26(16-12-24)28-22-42-18-6-4-8-30(42)40(28)2;;/h3-22,38H,1-2H3,(H-,35,36,37,44);2*1H/q+1;;/p-1/b33-19+,34-20+;;. The van der Waals surface area contributed by atoms with E-state index in [-0.39, 0.29) is 34.0 Å². The van der Waals surface area contributed by atoms with Crippen LogP contribution in [0.4, 0.5) is 5.95 Å². The summed E-state index contributed by atoms with van der Waals surface area (Å²) < 4.78 is 10.4. The molecule has 232 valence electrons. The summed E-state index contributed by atoms with van der Waals surface area (Å²) in [6.45, 7) is 0. The third-order valence-corrected chi connectivity index (χ3v) is 7.78. The van der Waals surface area contributed by atoms with E-state index in [0.717, 1.165) is 44.9 Å². The number of pyridine rings is 2. The molecule has 0 spiro atoms. The summed E-state index contributed by atoms with van der Waals surface area (Å²) in [6, 6.07) is 28.7. The lowest BCUT2D eigenvalue weighted by Gasteiger charge is -2.04. The lowest BCUT2D eigenvalue weighted by Crippen LogP contribution is -3.00. The molecule has 46 heavy (non-hydrogen) atoms. The summed E-state index contributed by atoms with van der Waals surface area (Å²) in [5.41, 5.74) is 14.4. The molecule has 14 heteroatoms. The van der Waals surface area contributed by atoms with Gasteiger partial charge in [-0.2, -0.15) is 14.9 Å². The Balaban J connectivity index is 0.00000208. The van der Waals surface area contributed by atoms with E-state index in [9.17, 15) is 0 Å². The van der Waals surface area contributed by atoms with Crippen LogP contribution in [0, 0.1) is 4.77 Å². The Kier molecular flexibility index (Phi) is 9.90. The highest BCUT2D eigenvalue weighted by Crippen LogP contribution is 2.19. The van der Waals surface area contributed by atoms with Gasteiger partial charge in [0.2, 0.25) is 4.77 Å². The number of H-pyrrole nitrogens is 1. The second-order valence-corrected chi connectivity index (χ2v) is 10.6. The quantitative estimate of drug-likeness (QED) is 0.0759. The van der Waals surface area contributed by atoms with Gasteiger partial charge >= 0.3 is 0 Å². The molecule has 7 aromatic rings. The molecular weight excluding hydrogens is 730 g/mol. The minimum atomic E-state index is 0. The zero-order chi connectivity index (χ0) is 30.0. The predicted molar refractivity (Wildman–Crippen MR) is 174 cm³/mol. The first-order chi connectivity index (χ1) is 21.5. The van der Waals surface area contributed by atoms with Crippen LogP contribution in [0.1, 0.15) is 11.1 Å². The molecule has 0 fully saturated rings. The molecule has 5 heterocycles. The van der Waals surface area contributed by atoms with Gasteiger partial charge in [-0.25, -0.2) is 34.0 Å². The van der Waals surface area contributed by atoms with Crippen molar-refractivity contribution in [1.82, 2.24) is 23.7 Å². The third kappa shape index (κ3) is 6.40. The van der Waals surface area contributed by atoms with Crippen LogP contribution < -0.4 is 54.1 Å². The highest BCUT2D eigenvalue weighted by Gasteiger charge is 2.16. The average molecular weight is 760 g/mol. The molecule has 0 aliphatic carbocycles. The molecule has 5 aromatic heterocycles. The van der Waals surface area contributed by atoms with Crippen molar-refractivity contribution in [3.05, 3.63) is 126 Å². The van der Waals surface area contributed by atoms with Crippen LogP contribution in [-0.4, -0.2) is 36.1 Å². The summed E-state index contributed by atoms with van der Waals surface area (Å²) in [6.07, 6.45) is 11.8. The maximum atomic E-state index is 5.36. The number of aromatic nitrogens is 7. The minimum Gasteiger partial charge on any atom is -1.00 e. The van der Waals surface area contributed by atoms with Crippen molar-refractivity contribution in [3.63, 3.8) is 0 Å². The number of hydrazone groups is 2. The summed E-state index contributed by atoms with van der Waals surface area (Å²) in [4.78, 5) is 0. The molecule has 3 N–H and O–H groups in total. The van der Waals surface area contributed by atoms with Gasteiger partial charge in [-0.05, 0) is 59.7 Å². The lowest BCUT2D eigenvalue weighted by molar-refractivity contribution is -0.633. The number of hydrogen-bond acceptors (Lipinski definition) is 6. The highest BCUT2D eigenvalue weighted by molar-refractivity contribution is 7.71. The topological polar surface area (TPSA) is 99.0 Å². The fourth-order valence-corrected chi connectivity index (χ4v) is 5.34. The molecule has 0 unspecified atom stereocenters. The third-order valence-electron chi connectivity index (χ3n) is 7.50. The zero-order valence-corrected chi connectivity index (χ0v) is 28.8. The first-order valence-electron chi connectivity index (χ1n) is 13.9. The Bertz CT molecular complexity index is 2230. The normalized spacial score (nSPS) is 11.3. The molecule has 2 aromatic carbocycles. The molecule has 0 amide bonds. The number of fused-ring (bicyclic) bond motifs is 2. The summed E-state index contributed by atoms with van der Waals surface area (Å²) >= 11 is 5.36. The molecule has 0 atom stereocenters. The van der Waals surface area contributed by atoms with E-state index in [4.69, 9.17) is 12.2 Å². The molecule has 11 nitrogen and oxygen atoms in total. The van der Waals surface area contributed by atoms with Crippen molar-refractivity contribution < 1.29 is 43.1 Å². The van der Waals surface area contributed by atoms with E-state index in [2.05, 4.69) is 112 Å². The molecule has 0 saturated carbocycles. The lowest BCUT2D eigenvalue weighted by atomic mass is 10.1. The average Bonchev–Trinajstić information content (AvgIpc) is 3.71. The fraction of sp³-hybridized carbons (Fsp3) is 0.0625. The Morgan fingerprint density at radius 3 is 1.72 bits per heavy atom. The van der Waals surface area contributed by atoms with Crippen LogP contribution in [0.15, 0.2) is 120 Å². The first kappa shape index (κ1) is 32.5. The van der Waals surface area contributed by atoms with Crippen LogP contribution in [-0.2, 0) is 14.1 Å². The number of imidazole rings is 2. The van der Waals surface area contributed by atoms with Gasteiger partial charge in [0.05, 0.1) is 38.9 Å². The van der Waals surface area contributed by atoms with E-state index in [1.165, 1.54) is 4.68 Å². The molecule has 0 saturated heterocycles. The van der Waals surface area contributed by atoms with Crippen molar-refractivity contribution >= 4 is 41.9 Å². The van der Waals surface area contributed by atoms with Gasteiger partial charge < -0.3 is 34.0 Å². The van der Waals surface area contributed by atoms with Crippen molar-refractivity contribution in [1.29, 1.82) is 0 Å².